The Kier molecular flexibility index (Phi) is 8.35. The molecule has 0 amide bonds. The molecule has 0 bridgehead atoms. The van der Waals surface area contributed by atoms with Crippen molar-refractivity contribution in [3.8, 4) is 0 Å². The molecule has 13 heteroatoms. The Bertz CT molecular complexity index is 1060. The van der Waals surface area contributed by atoms with Gasteiger partial charge in [0.1, 0.15) is 36.6 Å². The normalized spacial score (nSPS) is 38.4. The molecule has 1 saturated carbocycles. The number of aliphatic hydroxyl groups excluding tert-OH is 4. The Labute approximate surface area is 217 Å². The lowest BCUT2D eigenvalue weighted by Crippen LogP contribution is -2.60. The van der Waals surface area contributed by atoms with Gasteiger partial charge in [-0.05, 0) is 12.1 Å². The van der Waals surface area contributed by atoms with Crippen LogP contribution in [0.1, 0.15) is 24.2 Å². The molecule has 38 heavy (non-hydrogen) atoms. The van der Waals surface area contributed by atoms with Crippen molar-refractivity contribution in [2.24, 2.45) is 17.8 Å². The molecule has 1 aromatic rings. The quantitative estimate of drug-likeness (QED) is 0.270. The molecule has 1 saturated heterocycles. The van der Waals surface area contributed by atoms with Gasteiger partial charge in [0.05, 0.1) is 24.0 Å². The summed E-state index contributed by atoms with van der Waals surface area (Å²) in [4.78, 5) is 37.1. The molecular weight excluding hydrogens is 508 g/mol. The number of hydrogen-bond donors (Lipinski definition) is 5. The van der Waals surface area contributed by atoms with Crippen LogP contribution < -0.4 is 0 Å². The number of ether oxygens (including phenoxy) is 5. The molecule has 13 nitrogen and oxygen atoms in total. The highest BCUT2D eigenvalue weighted by molar-refractivity contribution is 5.90. The summed E-state index contributed by atoms with van der Waals surface area (Å²) < 4.78 is 28.0. The number of aliphatic carboxylic acids is 1. The summed E-state index contributed by atoms with van der Waals surface area (Å²) >= 11 is 0. The van der Waals surface area contributed by atoms with Crippen molar-refractivity contribution in [2.45, 2.75) is 63.1 Å². The SMILES string of the molecule is CC(=O)O[C@H]1[C@H](C)[C@H]2[C@@H](O[C@H]3O[C@@H](CO)[C@H](O)[C@@H](O)[C@@H]3O)OC=C(C(=O)O)[C@@H]2[C@@H]1OC(=O)c1ccccc1. The zero-order valence-electron chi connectivity index (χ0n) is 20.5. The van der Waals surface area contributed by atoms with E-state index in [-0.39, 0.29) is 11.1 Å². The summed E-state index contributed by atoms with van der Waals surface area (Å²) in [5.41, 5.74) is -0.0526. The second kappa shape index (κ2) is 11.4. The maximum Gasteiger partial charge on any atom is 0.338 e. The van der Waals surface area contributed by atoms with Crippen LogP contribution in [-0.4, -0.2) is 99.3 Å². The lowest BCUT2D eigenvalue weighted by Gasteiger charge is -2.43. The molecule has 0 aromatic heterocycles. The third-order valence-corrected chi connectivity index (χ3v) is 7.14. The molecule has 0 radical (unpaired) electrons. The first-order valence-electron chi connectivity index (χ1n) is 12.0. The van der Waals surface area contributed by atoms with Crippen LogP contribution in [0.15, 0.2) is 42.2 Å². The Balaban J connectivity index is 1.67. The van der Waals surface area contributed by atoms with E-state index in [1.165, 1.54) is 12.1 Å². The third kappa shape index (κ3) is 5.25. The largest absolute Gasteiger partial charge is 0.478 e. The van der Waals surface area contributed by atoms with Gasteiger partial charge in [0, 0.05) is 24.7 Å². The fourth-order valence-corrected chi connectivity index (χ4v) is 5.28. The summed E-state index contributed by atoms with van der Waals surface area (Å²) in [5, 5.41) is 50.0. The van der Waals surface area contributed by atoms with Crippen LogP contribution in [0.25, 0.3) is 0 Å². The first-order chi connectivity index (χ1) is 18.0. The minimum absolute atomic E-state index is 0.201. The van der Waals surface area contributed by atoms with Crippen LogP contribution >= 0.6 is 0 Å². The summed E-state index contributed by atoms with van der Waals surface area (Å²) in [6.45, 7) is 2.12. The predicted octanol–water partition coefficient (Wildman–Crippen LogP) is -0.833. The number of rotatable bonds is 7. The van der Waals surface area contributed by atoms with Gasteiger partial charge >= 0.3 is 17.9 Å². The van der Waals surface area contributed by atoms with Gasteiger partial charge in [-0.3, -0.25) is 4.79 Å². The summed E-state index contributed by atoms with van der Waals surface area (Å²) in [5.74, 6) is -5.45. The molecule has 5 N–H and O–H groups in total. The van der Waals surface area contributed by atoms with Crippen LogP contribution in [0.5, 0.6) is 0 Å². The number of aliphatic hydroxyl groups is 4. The average molecular weight is 539 g/mol. The van der Waals surface area contributed by atoms with Gasteiger partial charge < -0.3 is 49.2 Å². The van der Waals surface area contributed by atoms with Gasteiger partial charge in [0.25, 0.3) is 0 Å². The van der Waals surface area contributed by atoms with E-state index in [1.54, 1.807) is 25.1 Å². The second-order valence-electron chi connectivity index (χ2n) is 9.49. The molecule has 11 atom stereocenters. The highest BCUT2D eigenvalue weighted by atomic mass is 16.8. The fourth-order valence-electron chi connectivity index (χ4n) is 5.28. The predicted molar refractivity (Wildman–Crippen MR) is 123 cm³/mol. The number of esters is 2. The smallest absolute Gasteiger partial charge is 0.338 e. The lowest BCUT2D eigenvalue weighted by molar-refractivity contribution is -0.343. The van der Waals surface area contributed by atoms with Gasteiger partial charge in [0.2, 0.25) is 6.29 Å². The molecule has 2 aliphatic heterocycles. The molecule has 0 spiro atoms. The minimum atomic E-state index is -1.74. The van der Waals surface area contributed by atoms with Crippen molar-refractivity contribution in [1.82, 2.24) is 0 Å². The molecule has 0 unspecified atom stereocenters. The van der Waals surface area contributed by atoms with Crippen molar-refractivity contribution >= 4 is 17.9 Å². The third-order valence-electron chi connectivity index (χ3n) is 7.14. The number of carbonyl (C=O) groups is 3. The van der Waals surface area contributed by atoms with E-state index < -0.39 is 91.5 Å². The number of benzene rings is 1. The van der Waals surface area contributed by atoms with E-state index >= 15 is 0 Å². The molecular formula is C25H30O13. The number of carbonyl (C=O) groups excluding carboxylic acids is 2. The number of carboxylic acids is 1. The molecule has 208 valence electrons. The standard InChI is InChI=1S/C25H30O13/c1-10-15-16(21(20(10)35-11(2)27)37-23(33)12-6-4-3-5-7-12)13(22(31)32)9-34-24(15)38-25-19(30)18(29)17(28)14(8-26)36-25/h3-7,9-10,14-21,24-26,28-30H,8H2,1-2H3,(H,31,32)/t10-,14+,15-,16+,17+,18-,19+,20+,21+,24-,25-/m1/s1. The van der Waals surface area contributed by atoms with E-state index in [2.05, 4.69) is 0 Å². The summed E-state index contributed by atoms with van der Waals surface area (Å²) in [6.07, 6.45) is -10.6. The lowest BCUT2D eigenvalue weighted by atomic mass is 9.82. The molecule has 4 rings (SSSR count). The van der Waals surface area contributed by atoms with Crippen molar-refractivity contribution in [3.05, 3.63) is 47.7 Å². The second-order valence-corrected chi connectivity index (χ2v) is 9.49. The van der Waals surface area contributed by atoms with E-state index in [0.717, 1.165) is 13.2 Å². The topological polar surface area (TPSA) is 199 Å². The highest BCUT2D eigenvalue weighted by Crippen LogP contribution is 2.50. The van der Waals surface area contributed by atoms with E-state index in [0.29, 0.717) is 0 Å². The molecule has 2 heterocycles. The van der Waals surface area contributed by atoms with Gasteiger partial charge in [-0.2, -0.15) is 0 Å². The van der Waals surface area contributed by atoms with Crippen molar-refractivity contribution in [1.29, 1.82) is 0 Å². The monoisotopic (exact) mass is 538 g/mol. The van der Waals surface area contributed by atoms with Crippen LogP contribution in [0.2, 0.25) is 0 Å². The highest BCUT2D eigenvalue weighted by Gasteiger charge is 2.61. The number of hydrogen-bond acceptors (Lipinski definition) is 12. The van der Waals surface area contributed by atoms with Crippen LogP contribution in [-0.2, 0) is 33.3 Å². The summed E-state index contributed by atoms with van der Waals surface area (Å²) in [7, 11) is 0. The van der Waals surface area contributed by atoms with Gasteiger partial charge in [-0.1, -0.05) is 25.1 Å². The van der Waals surface area contributed by atoms with Gasteiger partial charge in [-0.25, -0.2) is 9.59 Å². The van der Waals surface area contributed by atoms with Crippen LogP contribution in [0, 0.1) is 17.8 Å². The van der Waals surface area contributed by atoms with Crippen molar-refractivity contribution in [3.63, 3.8) is 0 Å². The zero-order valence-corrected chi connectivity index (χ0v) is 20.5. The van der Waals surface area contributed by atoms with E-state index in [1.807, 2.05) is 0 Å². The van der Waals surface area contributed by atoms with Crippen molar-refractivity contribution < 1.29 is 63.6 Å². The van der Waals surface area contributed by atoms with Crippen LogP contribution in [0.3, 0.4) is 0 Å². The molecule has 3 aliphatic rings. The fraction of sp³-hybridized carbons (Fsp3) is 0.560. The van der Waals surface area contributed by atoms with Crippen molar-refractivity contribution in [2.75, 3.05) is 6.61 Å². The first-order valence-corrected chi connectivity index (χ1v) is 12.0. The average Bonchev–Trinajstić information content (AvgIpc) is 3.15. The van der Waals surface area contributed by atoms with Crippen LogP contribution in [0.4, 0.5) is 0 Å². The maximum absolute atomic E-state index is 12.9. The van der Waals surface area contributed by atoms with E-state index in [4.69, 9.17) is 23.7 Å². The van der Waals surface area contributed by atoms with Gasteiger partial charge in [0.15, 0.2) is 6.29 Å². The Morgan fingerprint density at radius 3 is 2.24 bits per heavy atom. The Morgan fingerprint density at radius 1 is 0.947 bits per heavy atom. The Hall–Kier alpha value is -3.07. The van der Waals surface area contributed by atoms with Gasteiger partial charge in [-0.15, -0.1) is 0 Å². The number of fused-ring (bicyclic) bond motifs is 1. The maximum atomic E-state index is 12.9. The summed E-state index contributed by atoms with van der Waals surface area (Å²) in [6, 6.07) is 7.99. The van der Waals surface area contributed by atoms with E-state index in [9.17, 15) is 39.9 Å². The Morgan fingerprint density at radius 2 is 1.63 bits per heavy atom. The zero-order chi connectivity index (χ0) is 27.7. The minimum Gasteiger partial charge on any atom is -0.478 e. The number of carboxylic acid groups (broad SMARTS) is 1. The molecule has 1 aliphatic carbocycles. The molecule has 2 fully saturated rings. The molecule has 1 aromatic carbocycles. The first kappa shape index (κ1) is 28.0.